The van der Waals surface area contributed by atoms with Gasteiger partial charge in [0.15, 0.2) is 0 Å². The molecule has 2 saturated heterocycles. The highest BCUT2D eigenvalue weighted by atomic mass is 32.2. The monoisotopic (exact) mass is 296 g/mol. The van der Waals surface area contributed by atoms with Crippen molar-refractivity contribution in [3.05, 3.63) is 0 Å². The highest BCUT2D eigenvalue weighted by Gasteiger charge is 2.53. The van der Waals surface area contributed by atoms with Crippen molar-refractivity contribution in [3.63, 3.8) is 0 Å². The van der Waals surface area contributed by atoms with Gasteiger partial charge in [-0.05, 0) is 38.0 Å². The maximum absolute atomic E-state index is 12.5. The lowest BCUT2D eigenvalue weighted by Crippen LogP contribution is -2.52. The van der Waals surface area contributed by atoms with Crippen LogP contribution in [-0.2, 0) is 9.59 Å². The van der Waals surface area contributed by atoms with Crippen LogP contribution < -0.4 is 5.32 Å². The van der Waals surface area contributed by atoms with Crippen molar-refractivity contribution in [1.82, 2.24) is 10.2 Å². The molecule has 2 aliphatic heterocycles. The molecular formula is C15H24N2O2S. The predicted octanol–water partition coefficient (Wildman–Crippen LogP) is 2.14. The number of hydrogen-bond donors (Lipinski definition) is 1. The van der Waals surface area contributed by atoms with E-state index >= 15 is 0 Å². The molecule has 2 amide bonds. The lowest BCUT2D eigenvalue weighted by molar-refractivity contribution is -0.138. The zero-order valence-electron chi connectivity index (χ0n) is 12.4. The Labute approximate surface area is 125 Å². The van der Waals surface area contributed by atoms with Crippen molar-refractivity contribution in [2.45, 2.75) is 63.3 Å². The minimum atomic E-state index is -0.256. The summed E-state index contributed by atoms with van der Waals surface area (Å²) >= 11 is 1.76. The number of hydrogen-bond acceptors (Lipinski definition) is 3. The fourth-order valence-corrected chi connectivity index (χ4v) is 5.17. The van der Waals surface area contributed by atoms with E-state index in [1.807, 2.05) is 4.90 Å². The molecule has 4 nitrogen and oxygen atoms in total. The molecule has 3 aliphatic rings. The maximum atomic E-state index is 12.5. The van der Waals surface area contributed by atoms with Crippen molar-refractivity contribution in [1.29, 1.82) is 0 Å². The molecule has 0 unspecified atom stereocenters. The molecule has 0 bridgehead atoms. The van der Waals surface area contributed by atoms with Crippen LogP contribution in [0.4, 0.5) is 0 Å². The first-order valence-corrected chi connectivity index (χ1v) is 8.72. The summed E-state index contributed by atoms with van der Waals surface area (Å²) in [5, 5.41) is 3.12. The van der Waals surface area contributed by atoms with Crippen LogP contribution in [-0.4, -0.2) is 39.9 Å². The van der Waals surface area contributed by atoms with Crippen LogP contribution in [0.15, 0.2) is 0 Å². The van der Waals surface area contributed by atoms with Gasteiger partial charge in [-0.15, -0.1) is 11.8 Å². The summed E-state index contributed by atoms with van der Waals surface area (Å²) in [6.45, 7) is 5.08. The number of thioether (sulfide) groups is 1. The number of carbonyl (C=O) groups excluding carboxylic acids is 2. The highest BCUT2D eigenvalue weighted by Crippen LogP contribution is 2.47. The van der Waals surface area contributed by atoms with Gasteiger partial charge in [0.2, 0.25) is 11.8 Å². The third kappa shape index (κ3) is 2.14. The molecule has 20 heavy (non-hydrogen) atoms. The van der Waals surface area contributed by atoms with E-state index in [0.717, 1.165) is 25.1 Å². The second-order valence-electron chi connectivity index (χ2n) is 6.69. The first kappa shape index (κ1) is 14.2. The SMILES string of the molecule is CCC1(CNC(=O)[C@H]2CS[C@@]3(C)CCC(=O)N23)CCC1. The second kappa shape index (κ2) is 4.93. The third-order valence-corrected chi connectivity index (χ3v) is 7.05. The summed E-state index contributed by atoms with van der Waals surface area (Å²) in [7, 11) is 0. The summed E-state index contributed by atoms with van der Waals surface area (Å²) in [4.78, 5) is 26.2. The summed E-state index contributed by atoms with van der Waals surface area (Å²) in [5.74, 6) is 0.940. The minimum Gasteiger partial charge on any atom is -0.354 e. The quantitative estimate of drug-likeness (QED) is 0.864. The Bertz CT molecular complexity index is 430. The lowest BCUT2D eigenvalue weighted by atomic mass is 9.67. The summed E-state index contributed by atoms with van der Waals surface area (Å²) in [5.41, 5.74) is 0.333. The van der Waals surface area contributed by atoms with E-state index in [4.69, 9.17) is 0 Å². The van der Waals surface area contributed by atoms with Crippen molar-refractivity contribution < 1.29 is 9.59 Å². The number of nitrogens with one attached hydrogen (secondary N) is 1. The van der Waals surface area contributed by atoms with Crippen LogP contribution in [0.3, 0.4) is 0 Å². The van der Waals surface area contributed by atoms with E-state index in [1.54, 1.807) is 11.8 Å². The van der Waals surface area contributed by atoms with Crippen LogP contribution in [0.25, 0.3) is 0 Å². The van der Waals surface area contributed by atoms with Crippen LogP contribution in [0.2, 0.25) is 0 Å². The van der Waals surface area contributed by atoms with Crippen LogP contribution in [0.5, 0.6) is 0 Å². The fraction of sp³-hybridized carbons (Fsp3) is 0.867. The Morgan fingerprint density at radius 1 is 1.45 bits per heavy atom. The van der Waals surface area contributed by atoms with Crippen LogP contribution in [0, 0.1) is 5.41 Å². The van der Waals surface area contributed by atoms with E-state index in [-0.39, 0.29) is 22.7 Å². The van der Waals surface area contributed by atoms with Gasteiger partial charge in [0, 0.05) is 18.7 Å². The second-order valence-corrected chi connectivity index (χ2v) is 8.19. The first-order valence-electron chi connectivity index (χ1n) is 7.74. The third-order valence-electron chi connectivity index (χ3n) is 5.55. The van der Waals surface area contributed by atoms with Gasteiger partial charge in [0.1, 0.15) is 6.04 Å². The van der Waals surface area contributed by atoms with Crippen molar-refractivity contribution in [2.24, 2.45) is 5.41 Å². The normalized spacial score (nSPS) is 34.8. The van der Waals surface area contributed by atoms with E-state index in [9.17, 15) is 9.59 Å². The first-order chi connectivity index (χ1) is 9.50. The van der Waals surface area contributed by atoms with Gasteiger partial charge in [-0.3, -0.25) is 9.59 Å². The van der Waals surface area contributed by atoms with Gasteiger partial charge in [0.05, 0.1) is 4.87 Å². The summed E-state index contributed by atoms with van der Waals surface area (Å²) in [6.07, 6.45) is 6.33. The molecule has 1 N–H and O–H groups in total. The molecule has 1 aliphatic carbocycles. The van der Waals surface area contributed by atoms with E-state index in [0.29, 0.717) is 11.8 Å². The molecule has 3 fully saturated rings. The molecule has 0 aromatic rings. The summed E-state index contributed by atoms with van der Waals surface area (Å²) in [6, 6.07) is -0.256. The molecule has 0 radical (unpaired) electrons. The van der Waals surface area contributed by atoms with Gasteiger partial charge in [-0.25, -0.2) is 0 Å². The number of fused-ring (bicyclic) bond motifs is 1. The van der Waals surface area contributed by atoms with Crippen LogP contribution >= 0.6 is 11.8 Å². The largest absolute Gasteiger partial charge is 0.354 e. The average Bonchev–Trinajstić information content (AvgIpc) is 2.86. The topological polar surface area (TPSA) is 49.4 Å². The Morgan fingerprint density at radius 2 is 2.20 bits per heavy atom. The van der Waals surface area contributed by atoms with Gasteiger partial charge in [-0.2, -0.15) is 0 Å². The Kier molecular flexibility index (Phi) is 3.51. The standard InChI is InChI=1S/C15H24N2O2S/c1-3-15(6-4-7-15)10-16-13(19)11-9-20-14(2)8-5-12(18)17(11)14/h11H,3-10H2,1-2H3,(H,16,19)/t11-,14+/m1/s1. The molecule has 5 heteroatoms. The molecule has 3 rings (SSSR count). The Hall–Kier alpha value is -0.710. The average molecular weight is 296 g/mol. The fourth-order valence-electron chi connectivity index (χ4n) is 3.74. The Morgan fingerprint density at radius 3 is 2.80 bits per heavy atom. The molecular weight excluding hydrogens is 272 g/mol. The van der Waals surface area contributed by atoms with Gasteiger partial charge in [-0.1, -0.05) is 13.3 Å². The molecule has 2 heterocycles. The number of nitrogens with zero attached hydrogens (tertiary/aromatic N) is 1. The Balaban J connectivity index is 1.62. The zero-order chi connectivity index (χ0) is 14.4. The molecule has 0 spiro atoms. The number of amides is 2. The van der Waals surface area contributed by atoms with E-state index < -0.39 is 0 Å². The molecule has 1 saturated carbocycles. The van der Waals surface area contributed by atoms with Crippen LogP contribution in [0.1, 0.15) is 52.4 Å². The lowest BCUT2D eigenvalue weighted by Gasteiger charge is -2.41. The van der Waals surface area contributed by atoms with E-state index in [2.05, 4.69) is 19.2 Å². The highest BCUT2D eigenvalue weighted by molar-refractivity contribution is 8.01. The predicted molar refractivity (Wildman–Crippen MR) is 80.3 cm³/mol. The number of carbonyl (C=O) groups is 2. The number of rotatable bonds is 4. The van der Waals surface area contributed by atoms with Crippen molar-refractivity contribution in [2.75, 3.05) is 12.3 Å². The van der Waals surface area contributed by atoms with Gasteiger partial charge >= 0.3 is 0 Å². The molecule has 2 atom stereocenters. The minimum absolute atomic E-state index is 0.0520. The van der Waals surface area contributed by atoms with Crippen molar-refractivity contribution in [3.8, 4) is 0 Å². The van der Waals surface area contributed by atoms with Gasteiger partial charge < -0.3 is 10.2 Å². The molecule has 112 valence electrons. The van der Waals surface area contributed by atoms with Crippen molar-refractivity contribution >= 4 is 23.6 Å². The summed E-state index contributed by atoms with van der Waals surface area (Å²) < 4.78 is 0. The van der Waals surface area contributed by atoms with E-state index in [1.165, 1.54) is 19.3 Å². The van der Waals surface area contributed by atoms with Gasteiger partial charge in [0.25, 0.3) is 0 Å². The molecule has 0 aromatic carbocycles. The maximum Gasteiger partial charge on any atom is 0.243 e. The zero-order valence-corrected chi connectivity index (χ0v) is 13.2. The smallest absolute Gasteiger partial charge is 0.243 e. The molecule has 0 aromatic heterocycles.